The van der Waals surface area contributed by atoms with Crippen molar-refractivity contribution in [2.24, 2.45) is 0 Å². The maximum absolute atomic E-state index is 12.8. The third-order valence-corrected chi connectivity index (χ3v) is 5.89. The largest absolute Gasteiger partial charge is 0.457 e. The summed E-state index contributed by atoms with van der Waals surface area (Å²) in [6, 6.07) is 4.63. The van der Waals surface area contributed by atoms with Crippen molar-refractivity contribution in [3.63, 3.8) is 0 Å². The smallest absolute Gasteiger partial charge is 0.416 e. The van der Waals surface area contributed by atoms with Crippen LogP contribution in [0, 0.1) is 6.92 Å². The Hall–Kier alpha value is -2.68. The maximum atomic E-state index is 12.8. The van der Waals surface area contributed by atoms with Crippen molar-refractivity contribution in [1.82, 2.24) is 9.55 Å². The number of carbonyl (C=O) groups is 1. The van der Waals surface area contributed by atoms with Crippen molar-refractivity contribution < 1.29 is 22.7 Å². The highest BCUT2D eigenvalue weighted by Crippen LogP contribution is 2.31. The summed E-state index contributed by atoms with van der Waals surface area (Å²) in [6.45, 7) is 1.98. The van der Waals surface area contributed by atoms with Crippen LogP contribution in [-0.2, 0) is 30.5 Å². The van der Waals surface area contributed by atoms with Gasteiger partial charge in [0.25, 0.3) is 5.56 Å². The minimum absolute atomic E-state index is 0.164. The number of halogens is 3. The summed E-state index contributed by atoms with van der Waals surface area (Å²) in [4.78, 5) is 30.4. The molecule has 0 spiro atoms. The molecule has 146 valence electrons. The minimum Gasteiger partial charge on any atom is -0.457 e. The molecule has 0 amide bonds. The first kappa shape index (κ1) is 18.7. The van der Waals surface area contributed by atoms with Gasteiger partial charge in [-0.05, 0) is 36.6 Å². The first-order valence-corrected chi connectivity index (χ1v) is 9.43. The van der Waals surface area contributed by atoms with Gasteiger partial charge in [0.05, 0.1) is 10.9 Å². The Labute approximate surface area is 161 Å². The summed E-state index contributed by atoms with van der Waals surface area (Å²) in [7, 11) is 0. The van der Waals surface area contributed by atoms with E-state index in [1.165, 1.54) is 12.1 Å². The van der Waals surface area contributed by atoms with Crippen molar-refractivity contribution in [2.45, 2.75) is 39.1 Å². The third kappa shape index (κ3) is 3.19. The van der Waals surface area contributed by atoms with Crippen LogP contribution >= 0.6 is 11.3 Å². The summed E-state index contributed by atoms with van der Waals surface area (Å²) in [5.41, 5.74) is -0.234. The fourth-order valence-corrected chi connectivity index (χ4v) is 4.41. The van der Waals surface area contributed by atoms with Crippen LogP contribution in [-0.4, -0.2) is 15.5 Å². The van der Waals surface area contributed by atoms with E-state index >= 15 is 0 Å². The zero-order valence-corrected chi connectivity index (χ0v) is 15.6. The Morgan fingerprint density at radius 1 is 1.36 bits per heavy atom. The van der Waals surface area contributed by atoms with E-state index in [0.717, 1.165) is 36.3 Å². The molecule has 0 bridgehead atoms. The predicted molar refractivity (Wildman–Crippen MR) is 97.5 cm³/mol. The normalized spacial score (nSPS) is 13.7. The topological polar surface area (TPSA) is 61.2 Å². The van der Waals surface area contributed by atoms with Crippen molar-refractivity contribution >= 4 is 27.5 Å². The number of alkyl halides is 3. The molecule has 0 radical (unpaired) electrons. The van der Waals surface area contributed by atoms with E-state index < -0.39 is 17.7 Å². The number of esters is 1. The highest BCUT2D eigenvalue weighted by atomic mass is 32.1. The summed E-state index contributed by atoms with van der Waals surface area (Å²) in [5, 5.41) is 0.404. The van der Waals surface area contributed by atoms with Crippen molar-refractivity contribution in [2.75, 3.05) is 0 Å². The molecule has 1 aliphatic rings. The van der Waals surface area contributed by atoms with E-state index in [4.69, 9.17) is 4.74 Å². The van der Waals surface area contributed by atoms with Gasteiger partial charge < -0.3 is 4.74 Å². The number of benzene rings is 1. The highest BCUT2D eigenvalue weighted by molar-refractivity contribution is 7.20. The standard InChI is InChI=1S/C19H15F3N2O3S/c1-10-14-16(23-13-6-3-7-24(13)17(14)25)28-15(10)18(26)27-9-11-4-2-5-12(8-11)19(20,21)22/h2,4-5,8H,3,6-7,9H2,1H3. The number of carbonyl (C=O) groups excluding carboxylic acids is 1. The second-order valence-corrected chi connectivity index (χ2v) is 7.60. The number of hydrogen-bond acceptors (Lipinski definition) is 5. The van der Waals surface area contributed by atoms with E-state index in [1.54, 1.807) is 11.5 Å². The van der Waals surface area contributed by atoms with Crippen LogP contribution in [0.1, 0.15) is 38.6 Å². The van der Waals surface area contributed by atoms with Gasteiger partial charge in [-0.15, -0.1) is 11.3 Å². The lowest BCUT2D eigenvalue weighted by Gasteiger charge is -2.09. The molecule has 0 saturated carbocycles. The van der Waals surface area contributed by atoms with Crippen molar-refractivity contribution in [3.05, 3.63) is 62.0 Å². The zero-order chi connectivity index (χ0) is 20.1. The fourth-order valence-electron chi connectivity index (χ4n) is 3.32. The van der Waals surface area contributed by atoms with Gasteiger partial charge in [-0.1, -0.05) is 12.1 Å². The monoisotopic (exact) mass is 408 g/mol. The molecule has 1 aliphatic heterocycles. The molecule has 0 N–H and O–H groups in total. The number of ether oxygens (including phenoxy) is 1. The molecule has 0 saturated heterocycles. The van der Waals surface area contributed by atoms with Gasteiger partial charge in [0, 0.05) is 13.0 Å². The average molecular weight is 408 g/mol. The lowest BCUT2D eigenvalue weighted by atomic mass is 10.1. The molecule has 0 atom stereocenters. The zero-order valence-electron chi connectivity index (χ0n) is 14.8. The van der Waals surface area contributed by atoms with Crippen LogP contribution in [0.15, 0.2) is 29.1 Å². The average Bonchev–Trinajstić information content (AvgIpc) is 3.24. The second kappa shape index (κ2) is 6.73. The Morgan fingerprint density at radius 2 is 2.14 bits per heavy atom. The fraction of sp³-hybridized carbons (Fsp3) is 0.316. The highest BCUT2D eigenvalue weighted by Gasteiger charge is 2.30. The number of thiophene rings is 1. The van der Waals surface area contributed by atoms with E-state index in [-0.39, 0.29) is 22.6 Å². The quantitative estimate of drug-likeness (QED) is 0.613. The molecule has 9 heteroatoms. The van der Waals surface area contributed by atoms with Crippen LogP contribution in [0.4, 0.5) is 13.2 Å². The van der Waals surface area contributed by atoms with Gasteiger partial charge in [0.2, 0.25) is 0 Å². The summed E-state index contributed by atoms with van der Waals surface area (Å²) >= 11 is 1.08. The molecule has 0 fully saturated rings. The van der Waals surface area contributed by atoms with Crippen molar-refractivity contribution in [1.29, 1.82) is 0 Å². The number of aryl methyl sites for hydroxylation is 2. The lowest BCUT2D eigenvalue weighted by molar-refractivity contribution is -0.137. The molecular formula is C19H15F3N2O3S. The lowest BCUT2D eigenvalue weighted by Crippen LogP contribution is -2.20. The summed E-state index contributed by atoms with van der Waals surface area (Å²) in [6.07, 6.45) is -2.88. The van der Waals surface area contributed by atoms with Gasteiger partial charge >= 0.3 is 12.1 Å². The third-order valence-electron chi connectivity index (χ3n) is 4.72. The number of nitrogens with zero attached hydrogens (tertiary/aromatic N) is 2. The first-order valence-electron chi connectivity index (χ1n) is 8.62. The van der Waals surface area contributed by atoms with E-state index in [9.17, 15) is 22.8 Å². The Kier molecular flexibility index (Phi) is 4.49. The van der Waals surface area contributed by atoms with Crippen molar-refractivity contribution in [3.8, 4) is 0 Å². The molecule has 0 aliphatic carbocycles. The maximum Gasteiger partial charge on any atom is 0.416 e. The molecule has 1 aromatic carbocycles. The summed E-state index contributed by atoms with van der Waals surface area (Å²) in [5.74, 6) is 0.0325. The predicted octanol–water partition coefficient (Wildman–Crippen LogP) is 4.09. The van der Waals surface area contributed by atoms with Gasteiger partial charge in [-0.25, -0.2) is 9.78 Å². The Bertz CT molecular complexity index is 1150. The van der Waals surface area contributed by atoms with Crippen LogP contribution in [0.5, 0.6) is 0 Å². The van der Waals surface area contributed by atoms with Crippen LogP contribution in [0.2, 0.25) is 0 Å². The number of hydrogen-bond donors (Lipinski definition) is 0. The Balaban J connectivity index is 1.59. The molecule has 5 nitrogen and oxygen atoms in total. The van der Waals surface area contributed by atoms with E-state index in [2.05, 4.69) is 4.98 Å². The number of rotatable bonds is 3. The van der Waals surface area contributed by atoms with Gasteiger partial charge in [-0.3, -0.25) is 9.36 Å². The first-order chi connectivity index (χ1) is 13.3. The van der Waals surface area contributed by atoms with Crippen LogP contribution < -0.4 is 5.56 Å². The molecular weight excluding hydrogens is 393 g/mol. The second-order valence-electron chi connectivity index (χ2n) is 6.60. The molecule has 3 heterocycles. The Morgan fingerprint density at radius 3 is 2.89 bits per heavy atom. The number of fused-ring (bicyclic) bond motifs is 2. The molecule has 0 unspecified atom stereocenters. The van der Waals surface area contributed by atoms with E-state index in [1.807, 2.05) is 0 Å². The molecule has 4 rings (SSSR count). The molecule has 28 heavy (non-hydrogen) atoms. The molecule has 2 aromatic heterocycles. The van der Waals surface area contributed by atoms with E-state index in [0.29, 0.717) is 28.1 Å². The minimum atomic E-state index is -4.46. The summed E-state index contributed by atoms with van der Waals surface area (Å²) < 4.78 is 45.2. The van der Waals surface area contributed by atoms with Gasteiger partial charge in [0.15, 0.2) is 0 Å². The van der Waals surface area contributed by atoms with Gasteiger partial charge in [-0.2, -0.15) is 13.2 Å². The van der Waals surface area contributed by atoms with Crippen LogP contribution in [0.3, 0.4) is 0 Å². The molecule has 3 aromatic rings. The van der Waals surface area contributed by atoms with Gasteiger partial charge in [0.1, 0.15) is 22.1 Å². The SMILES string of the molecule is Cc1c(C(=O)OCc2cccc(C(F)(F)F)c2)sc2nc3n(c(=O)c12)CCC3. The van der Waals surface area contributed by atoms with Crippen LogP contribution in [0.25, 0.3) is 10.2 Å². The number of aromatic nitrogens is 2.